The number of likely N-dealkylation sites (N-methyl/N-ethyl adjacent to an activating group) is 1. The fourth-order valence-corrected chi connectivity index (χ4v) is 2.39. The monoisotopic (exact) mass is 271 g/mol. The number of nitrogens with zero attached hydrogens (tertiary/aromatic N) is 1. The first-order chi connectivity index (χ1) is 8.35. The van der Waals surface area contributed by atoms with Crippen molar-refractivity contribution in [3.05, 3.63) is 29.8 Å². The van der Waals surface area contributed by atoms with Gasteiger partial charge in [0, 0.05) is 6.54 Å². The second kappa shape index (κ2) is 6.08. The molecule has 18 heavy (non-hydrogen) atoms. The maximum absolute atomic E-state index is 11.9. The van der Waals surface area contributed by atoms with Crippen LogP contribution < -0.4 is 0 Å². The molecule has 5 nitrogen and oxygen atoms in total. The van der Waals surface area contributed by atoms with Gasteiger partial charge in [-0.3, -0.25) is 4.18 Å². The van der Waals surface area contributed by atoms with Gasteiger partial charge in [0.15, 0.2) is 6.29 Å². The predicted octanol–water partition coefficient (Wildman–Crippen LogP) is 0.829. The molecule has 0 bridgehead atoms. The summed E-state index contributed by atoms with van der Waals surface area (Å²) in [5.41, 5.74) is 0.953. The SMILES string of the molecule is Cc1ccc(S(=O)(=O)OC(C=O)CN(C)C)cc1. The highest BCUT2D eigenvalue weighted by molar-refractivity contribution is 7.86. The third kappa shape index (κ3) is 4.21. The second-order valence-corrected chi connectivity index (χ2v) is 5.87. The van der Waals surface area contributed by atoms with Crippen molar-refractivity contribution in [1.82, 2.24) is 4.90 Å². The molecule has 1 aromatic carbocycles. The quantitative estimate of drug-likeness (QED) is 0.566. The number of hydrogen-bond acceptors (Lipinski definition) is 5. The lowest BCUT2D eigenvalue weighted by Gasteiger charge is -2.16. The third-order valence-electron chi connectivity index (χ3n) is 2.26. The Morgan fingerprint density at radius 2 is 1.83 bits per heavy atom. The maximum Gasteiger partial charge on any atom is 0.297 e. The Labute approximate surface area is 107 Å². The summed E-state index contributed by atoms with van der Waals surface area (Å²) in [5.74, 6) is 0. The van der Waals surface area contributed by atoms with Crippen LogP contribution in [0, 0.1) is 6.92 Å². The smallest absolute Gasteiger partial charge is 0.297 e. The molecule has 0 saturated carbocycles. The topological polar surface area (TPSA) is 63.7 Å². The summed E-state index contributed by atoms with van der Waals surface area (Å²) < 4.78 is 28.7. The summed E-state index contributed by atoms with van der Waals surface area (Å²) in [6, 6.07) is 6.28. The molecule has 0 spiro atoms. The Morgan fingerprint density at radius 3 is 2.28 bits per heavy atom. The minimum absolute atomic E-state index is 0.0544. The predicted molar refractivity (Wildman–Crippen MR) is 67.9 cm³/mol. The molecule has 0 heterocycles. The van der Waals surface area contributed by atoms with Crippen LogP contribution >= 0.6 is 0 Å². The van der Waals surface area contributed by atoms with Gasteiger partial charge >= 0.3 is 0 Å². The first-order valence-corrected chi connectivity index (χ1v) is 6.86. The van der Waals surface area contributed by atoms with E-state index in [9.17, 15) is 13.2 Å². The fraction of sp³-hybridized carbons (Fsp3) is 0.417. The lowest BCUT2D eigenvalue weighted by atomic mass is 10.2. The van der Waals surface area contributed by atoms with Crippen molar-refractivity contribution in [3.8, 4) is 0 Å². The molecule has 0 N–H and O–H groups in total. The molecule has 1 aromatic rings. The highest BCUT2D eigenvalue weighted by atomic mass is 32.2. The van der Waals surface area contributed by atoms with Crippen molar-refractivity contribution >= 4 is 16.4 Å². The number of benzene rings is 1. The molecule has 0 aromatic heterocycles. The average molecular weight is 271 g/mol. The van der Waals surface area contributed by atoms with Gasteiger partial charge < -0.3 is 9.69 Å². The van der Waals surface area contributed by atoms with Gasteiger partial charge in [-0.15, -0.1) is 0 Å². The molecule has 6 heteroatoms. The molecule has 1 rings (SSSR count). The molecule has 0 radical (unpaired) electrons. The summed E-state index contributed by atoms with van der Waals surface area (Å²) in [6.45, 7) is 2.08. The van der Waals surface area contributed by atoms with E-state index in [2.05, 4.69) is 0 Å². The Balaban J connectivity index is 2.86. The molecule has 0 amide bonds. The molecule has 0 saturated heterocycles. The zero-order valence-corrected chi connectivity index (χ0v) is 11.5. The summed E-state index contributed by atoms with van der Waals surface area (Å²) in [5, 5.41) is 0. The van der Waals surface area contributed by atoms with Gasteiger partial charge in [0.2, 0.25) is 0 Å². The fourth-order valence-electron chi connectivity index (χ4n) is 1.38. The lowest BCUT2D eigenvalue weighted by Crippen LogP contribution is -2.31. The number of hydrogen-bond donors (Lipinski definition) is 0. The van der Waals surface area contributed by atoms with Crippen LogP contribution in [0.25, 0.3) is 0 Å². The summed E-state index contributed by atoms with van der Waals surface area (Å²) in [7, 11) is -0.423. The number of aldehydes is 1. The van der Waals surface area contributed by atoms with E-state index in [0.717, 1.165) is 5.56 Å². The van der Waals surface area contributed by atoms with E-state index >= 15 is 0 Å². The van der Waals surface area contributed by atoms with Crippen molar-refractivity contribution < 1.29 is 17.4 Å². The van der Waals surface area contributed by atoms with E-state index in [0.29, 0.717) is 6.29 Å². The summed E-state index contributed by atoms with van der Waals surface area (Å²) in [6.07, 6.45) is -0.502. The minimum Gasteiger partial charge on any atom is -0.306 e. The van der Waals surface area contributed by atoms with Gasteiger partial charge in [0.1, 0.15) is 6.10 Å². The molecule has 1 atom stereocenters. The van der Waals surface area contributed by atoms with Crippen molar-refractivity contribution in [2.75, 3.05) is 20.6 Å². The first kappa shape index (κ1) is 14.8. The van der Waals surface area contributed by atoms with Crippen LogP contribution in [0.3, 0.4) is 0 Å². The second-order valence-electron chi connectivity index (χ2n) is 4.30. The van der Waals surface area contributed by atoms with E-state index in [-0.39, 0.29) is 11.4 Å². The Kier molecular flexibility index (Phi) is 5.01. The highest BCUT2D eigenvalue weighted by Crippen LogP contribution is 2.14. The van der Waals surface area contributed by atoms with E-state index in [1.807, 2.05) is 6.92 Å². The summed E-state index contributed by atoms with van der Waals surface area (Å²) in [4.78, 5) is 12.5. The maximum atomic E-state index is 11.9. The number of carbonyl (C=O) groups is 1. The average Bonchev–Trinajstić information content (AvgIpc) is 2.27. The molecule has 0 aliphatic carbocycles. The number of carbonyl (C=O) groups excluding carboxylic acids is 1. The van der Waals surface area contributed by atoms with Crippen molar-refractivity contribution in [2.24, 2.45) is 0 Å². The van der Waals surface area contributed by atoms with E-state index in [1.165, 1.54) is 12.1 Å². The molecular formula is C12H17NO4S. The Hall–Kier alpha value is -1.24. The molecule has 0 aliphatic heterocycles. The van der Waals surface area contributed by atoms with Gasteiger partial charge in [-0.2, -0.15) is 8.42 Å². The van der Waals surface area contributed by atoms with E-state index < -0.39 is 16.2 Å². The minimum atomic E-state index is -3.89. The number of rotatable bonds is 6. The first-order valence-electron chi connectivity index (χ1n) is 5.45. The number of aryl methyl sites for hydroxylation is 1. The van der Waals surface area contributed by atoms with Crippen molar-refractivity contribution in [1.29, 1.82) is 0 Å². The third-order valence-corrected chi connectivity index (χ3v) is 3.61. The molecule has 1 unspecified atom stereocenters. The molecule has 100 valence electrons. The standard InChI is InChI=1S/C12H17NO4S/c1-10-4-6-12(7-5-10)18(15,16)17-11(9-14)8-13(2)3/h4-7,9,11H,8H2,1-3H3. The van der Waals surface area contributed by atoms with Crippen LogP contribution in [0.1, 0.15) is 5.56 Å². The largest absolute Gasteiger partial charge is 0.306 e. The van der Waals surface area contributed by atoms with Crippen LogP contribution in [0.5, 0.6) is 0 Å². The van der Waals surface area contributed by atoms with Crippen molar-refractivity contribution in [2.45, 2.75) is 17.9 Å². The van der Waals surface area contributed by atoms with Crippen LogP contribution in [0.2, 0.25) is 0 Å². The van der Waals surface area contributed by atoms with Crippen LogP contribution in [-0.4, -0.2) is 46.3 Å². The van der Waals surface area contributed by atoms with Gasteiger partial charge in [-0.1, -0.05) is 17.7 Å². The molecule has 0 fully saturated rings. The molecular weight excluding hydrogens is 254 g/mol. The van der Waals surface area contributed by atoms with Crippen LogP contribution in [0.15, 0.2) is 29.2 Å². The van der Waals surface area contributed by atoms with Gasteiger partial charge in [0.25, 0.3) is 10.1 Å². The highest BCUT2D eigenvalue weighted by Gasteiger charge is 2.21. The van der Waals surface area contributed by atoms with Gasteiger partial charge in [0.05, 0.1) is 4.90 Å². The van der Waals surface area contributed by atoms with Crippen LogP contribution in [0.4, 0.5) is 0 Å². The Bertz CT molecular complexity index is 493. The lowest BCUT2D eigenvalue weighted by molar-refractivity contribution is -0.114. The zero-order valence-electron chi connectivity index (χ0n) is 10.7. The normalized spacial score (nSPS) is 13.6. The van der Waals surface area contributed by atoms with Crippen molar-refractivity contribution in [3.63, 3.8) is 0 Å². The zero-order chi connectivity index (χ0) is 13.8. The van der Waals surface area contributed by atoms with Crippen LogP contribution in [-0.2, 0) is 19.1 Å². The van der Waals surface area contributed by atoms with E-state index in [1.54, 1.807) is 31.1 Å². The molecule has 0 aliphatic rings. The van der Waals surface area contributed by atoms with E-state index in [4.69, 9.17) is 4.18 Å². The van der Waals surface area contributed by atoms with Gasteiger partial charge in [-0.05, 0) is 33.2 Å². The Morgan fingerprint density at radius 1 is 1.28 bits per heavy atom. The van der Waals surface area contributed by atoms with Gasteiger partial charge in [-0.25, -0.2) is 0 Å². The summed E-state index contributed by atoms with van der Waals surface area (Å²) >= 11 is 0.